The van der Waals surface area contributed by atoms with E-state index in [1.807, 2.05) is 0 Å². The maximum atomic E-state index is 12.5. The van der Waals surface area contributed by atoms with E-state index in [2.05, 4.69) is 41.8 Å². The van der Waals surface area contributed by atoms with Crippen molar-refractivity contribution < 1.29 is 9.59 Å². The number of hydrogen-bond acceptors (Lipinski definition) is 2. The van der Waals surface area contributed by atoms with Crippen LogP contribution >= 0.6 is 0 Å². The fourth-order valence-corrected chi connectivity index (χ4v) is 4.93. The molecular formula is C21H28N2O2. The van der Waals surface area contributed by atoms with Crippen molar-refractivity contribution >= 4 is 11.8 Å². The highest BCUT2D eigenvalue weighted by molar-refractivity contribution is 5.80. The van der Waals surface area contributed by atoms with Gasteiger partial charge in [-0.05, 0) is 56.1 Å². The summed E-state index contributed by atoms with van der Waals surface area (Å²) in [5, 5.41) is 6.35. The molecule has 1 aromatic carbocycles. The number of rotatable bonds is 3. The SMILES string of the molecule is C[C@]1(c2ccc(CC3CC4CCCCC4NC3=O)cc2)CCC(=O)N1. The molecule has 2 N–H and O–H groups in total. The summed E-state index contributed by atoms with van der Waals surface area (Å²) in [7, 11) is 0. The van der Waals surface area contributed by atoms with Gasteiger partial charge < -0.3 is 10.6 Å². The van der Waals surface area contributed by atoms with E-state index in [1.54, 1.807) is 0 Å². The first-order chi connectivity index (χ1) is 12.0. The van der Waals surface area contributed by atoms with Crippen molar-refractivity contribution in [3.8, 4) is 0 Å². The van der Waals surface area contributed by atoms with E-state index < -0.39 is 0 Å². The van der Waals surface area contributed by atoms with Crippen molar-refractivity contribution in [3.05, 3.63) is 35.4 Å². The highest BCUT2D eigenvalue weighted by atomic mass is 16.2. The Balaban J connectivity index is 1.42. The Kier molecular flexibility index (Phi) is 4.30. The number of hydrogen-bond donors (Lipinski definition) is 2. The first-order valence-corrected chi connectivity index (χ1v) is 9.74. The fraction of sp³-hybridized carbons (Fsp3) is 0.619. The van der Waals surface area contributed by atoms with Crippen molar-refractivity contribution in [3.63, 3.8) is 0 Å². The molecule has 134 valence electrons. The van der Waals surface area contributed by atoms with Crippen LogP contribution < -0.4 is 10.6 Å². The van der Waals surface area contributed by atoms with Gasteiger partial charge in [-0.2, -0.15) is 0 Å². The molecule has 1 aromatic rings. The van der Waals surface area contributed by atoms with Gasteiger partial charge in [0.25, 0.3) is 0 Å². The zero-order valence-corrected chi connectivity index (χ0v) is 15.0. The molecule has 4 rings (SSSR count). The van der Waals surface area contributed by atoms with Gasteiger partial charge in [0.1, 0.15) is 0 Å². The topological polar surface area (TPSA) is 58.2 Å². The lowest BCUT2D eigenvalue weighted by Gasteiger charge is -2.39. The van der Waals surface area contributed by atoms with E-state index in [1.165, 1.54) is 24.8 Å². The summed E-state index contributed by atoms with van der Waals surface area (Å²) >= 11 is 0. The van der Waals surface area contributed by atoms with Gasteiger partial charge in [0.05, 0.1) is 5.54 Å². The number of fused-ring (bicyclic) bond motifs is 1. The van der Waals surface area contributed by atoms with Gasteiger partial charge in [0.15, 0.2) is 0 Å². The number of amides is 2. The van der Waals surface area contributed by atoms with Crippen LogP contribution in [0.4, 0.5) is 0 Å². The van der Waals surface area contributed by atoms with Crippen LogP contribution in [0.3, 0.4) is 0 Å². The molecule has 0 aromatic heterocycles. The van der Waals surface area contributed by atoms with Gasteiger partial charge in [0.2, 0.25) is 11.8 Å². The third kappa shape index (κ3) is 3.31. The molecule has 3 unspecified atom stereocenters. The average molecular weight is 340 g/mol. The molecule has 3 fully saturated rings. The standard InChI is InChI=1S/C21H28N2O2/c1-21(11-10-19(24)23-21)17-8-6-14(7-9-17)12-16-13-15-4-2-3-5-18(15)22-20(16)25/h6-9,15-16,18H,2-5,10-13H2,1H3,(H,22,25)(H,23,24)/t15?,16?,18?,21-/m1/s1. The van der Waals surface area contributed by atoms with Crippen LogP contribution in [0.1, 0.15) is 63.0 Å². The Hall–Kier alpha value is -1.84. The summed E-state index contributed by atoms with van der Waals surface area (Å²) in [6, 6.07) is 8.91. The van der Waals surface area contributed by atoms with E-state index in [4.69, 9.17) is 0 Å². The Morgan fingerprint density at radius 2 is 1.88 bits per heavy atom. The van der Waals surface area contributed by atoms with Gasteiger partial charge in [-0.25, -0.2) is 0 Å². The molecule has 0 spiro atoms. The van der Waals surface area contributed by atoms with E-state index in [0.29, 0.717) is 18.4 Å². The van der Waals surface area contributed by atoms with Crippen LogP contribution in [0, 0.1) is 11.8 Å². The molecule has 2 aliphatic heterocycles. The molecule has 2 heterocycles. The zero-order valence-electron chi connectivity index (χ0n) is 15.0. The minimum Gasteiger partial charge on any atom is -0.353 e. The molecule has 25 heavy (non-hydrogen) atoms. The summed E-state index contributed by atoms with van der Waals surface area (Å²) < 4.78 is 0. The van der Waals surface area contributed by atoms with E-state index in [-0.39, 0.29) is 23.3 Å². The first-order valence-electron chi connectivity index (χ1n) is 9.74. The molecule has 3 aliphatic rings. The number of benzene rings is 1. The molecule has 1 aliphatic carbocycles. The van der Waals surface area contributed by atoms with Crippen molar-refractivity contribution in [2.45, 2.75) is 69.9 Å². The Labute approximate surface area is 149 Å². The minimum atomic E-state index is -0.243. The lowest BCUT2D eigenvalue weighted by atomic mass is 9.74. The van der Waals surface area contributed by atoms with E-state index in [0.717, 1.165) is 31.2 Å². The highest BCUT2D eigenvalue weighted by Gasteiger charge is 2.37. The molecular weight excluding hydrogens is 312 g/mol. The molecule has 1 saturated carbocycles. The molecule has 2 saturated heterocycles. The summed E-state index contributed by atoms with van der Waals surface area (Å²) in [4.78, 5) is 24.0. The summed E-state index contributed by atoms with van der Waals surface area (Å²) in [5.41, 5.74) is 2.13. The second kappa shape index (κ2) is 6.47. The van der Waals surface area contributed by atoms with Crippen molar-refractivity contribution in [2.75, 3.05) is 0 Å². The molecule has 0 radical (unpaired) electrons. The Morgan fingerprint density at radius 1 is 1.12 bits per heavy atom. The number of carbonyl (C=O) groups excluding carboxylic acids is 2. The maximum absolute atomic E-state index is 12.5. The number of piperidine rings is 1. The zero-order chi connectivity index (χ0) is 17.4. The lowest BCUT2D eigenvalue weighted by molar-refractivity contribution is -0.130. The third-order valence-corrected chi connectivity index (χ3v) is 6.54. The molecule has 4 heteroatoms. The summed E-state index contributed by atoms with van der Waals surface area (Å²) in [6.07, 6.45) is 8.28. The van der Waals surface area contributed by atoms with Crippen LogP contribution in [-0.4, -0.2) is 17.9 Å². The second-order valence-electron chi connectivity index (χ2n) is 8.37. The summed E-state index contributed by atoms with van der Waals surface area (Å²) in [6.45, 7) is 2.09. The van der Waals surface area contributed by atoms with Crippen molar-refractivity contribution in [1.82, 2.24) is 10.6 Å². The second-order valence-corrected chi connectivity index (χ2v) is 8.37. The van der Waals surface area contributed by atoms with Crippen LogP contribution in [0.15, 0.2) is 24.3 Å². The van der Waals surface area contributed by atoms with Crippen LogP contribution in [0.25, 0.3) is 0 Å². The average Bonchev–Trinajstić information content (AvgIpc) is 2.96. The quantitative estimate of drug-likeness (QED) is 0.888. The van der Waals surface area contributed by atoms with E-state index >= 15 is 0 Å². The van der Waals surface area contributed by atoms with E-state index in [9.17, 15) is 9.59 Å². The number of carbonyl (C=O) groups is 2. The summed E-state index contributed by atoms with van der Waals surface area (Å²) in [5.74, 6) is 1.14. The monoisotopic (exact) mass is 340 g/mol. The third-order valence-electron chi connectivity index (χ3n) is 6.54. The van der Waals surface area contributed by atoms with Crippen LogP contribution in [0.2, 0.25) is 0 Å². The van der Waals surface area contributed by atoms with Gasteiger partial charge in [-0.3, -0.25) is 9.59 Å². The largest absolute Gasteiger partial charge is 0.353 e. The maximum Gasteiger partial charge on any atom is 0.223 e. The van der Waals surface area contributed by atoms with Crippen molar-refractivity contribution in [1.29, 1.82) is 0 Å². The first kappa shape index (κ1) is 16.6. The lowest BCUT2D eigenvalue weighted by Crippen LogP contribution is -2.51. The van der Waals surface area contributed by atoms with Gasteiger partial charge in [0, 0.05) is 18.4 Å². The fourth-order valence-electron chi connectivity index (χ4n) is 4.93. The van der Waals surface area contributed by atoms with Crippen molar-refractivity contribution in [2.24, 2.45) is 11.8 Å². The predicted octanol–water partition coefficient (Wildman–Crippen LogP) is 3.05. The predicted molar refractivity (Wildman–Crippen MR) is 96.9 cm³/mol. The Morgan fingerprint density at radius 3 is 2.60 bits per heavy atom. The molecule has 2 amide bonds. The van der Waals surface area contributed by atoms with Crippen LogP contribution in [0.5, 0.6) is 0 Å². The van der Waals surface area contributed by atoms with Crippen LogP contribution in [-0.2, 0) is 21.5 Å². The smallest absolute Gasteiger partial charge is 0.223 e. The molecule has 0 bridgehead atoms. The molecule has 4 nitrogen and oxygen atoms in total. The highest BCUT2D eigenvalue weighted by Crippen LogP contribution is 2.35. The normalized spacial score (nSPS) is 35.0. The van der Waals surface area contributed by atoms with Gasteiger partial charge in [-0.15, -0.1) is 0 Å². The molecule has 4 atom stereocenters. The van der Waals surface area contributed by atoms with Gasteiger partial charge in [-0.1, -0.05) is 37.1 Å². The minimum absolute atomic E-state index is 0.104. The number of nitrogens with one attached hydrogen (secondary N) is 2. The Bertz CT molecular complexity index is 669. The van der Waals surface area contributed by atoms with Gasteiger partial charge >= 0.3 is 0 Å².